The highest BCUT2D eigenvalue weighted by Crippen LogP contribution is 2.42. The molecule has 1 amide bonds. The number of morpholine rings is 1. The first-order valence-corrected chi connectivity index (χ1v) is 11.1. The monoisotopic (exact) mass is 438 g/mol. The van der Waals surface area contributed by atoms with Crippen LogP contribution >= 0.6 is 0 Å². The van der Waals surface area contributed by atoms with Crippen LogP contribution in [0.1, 0.15) is 43.0 Å². The lowest BCUT2D eigenvalue weighted by Gasteiger charge is -2.28. The van der Waals surface area contributed by atoms with E-state index in [2.05, 4.69) is 25.3 Å². The minimum Gasteiger partial charge on any atom is -0.378 e. The van der Waals surface area contributed by atoms with Crippen LogP contribution in [0.25, 0.3) is 22.3 Å². The van der Waals surface area contributed by atoms with Gasteiger partial charge in [0, 0.05) is 36.0 Å². The molecule has 1 aliphatic rings. The molecule has 0 N–H and O–H groups in total. The summed E-state index contributed by atoms with van der Waals surface area (Å²) in [5.74, 6) is -0.718. The van der Waals surface area contributed by atoms with E-state index in [1.807, 2.05) is 4.90 Å². The van der Waals surface area contributed by atoms with E-state index >= 15 is 0 Å². The van der Waals surface area contributed by atoms with Gasteiger partial charge in [-0.25, -0.2) is 8.78 Å². The first kappa shape index (κ1) is 22.2. The topological polar surface area (TPSA) is 34.5 Å². The zero-order chi connectivity index (χ0) is 22.8. The molecule has 0 spiro atoms. The first-order chi connectivity index (χ1) is 15.4. The van der Waals surface area contributed by atoms with Crippen molar-refractivity contribution >= 4 is 5.91 Å². The van der Waals surface area contributed by atoms with Crippen LogP contribution in [0.4, 0.5) is 8.78 Å². The van der Waals surface area contributed by atoms with Crippen molar-refractivity contribution in [2.75, 3.05) is 26.3 Å². The van der Waals surface area contributed by atoms with Gasteiger partial charge in [0.25, 0.3) is 5.91 Å². The molecule has 0 atom stereocenters. The molecule has 0 unspecified atom stereocenters. The Bertz CT molecular complexity index is 1100. The maximum absolute atomic E-state index is 13.9. The minimum absolute atomic E-state index is 0.0262. The van der Waals surface area contributed by atoms with Crippen LogP contribution in [0, 0.1) is 11.6 Å². The molecule has 1 aromatic heterocycles. The van der Waals surface area contributed by atoms with Crippen LogP contribution in [-0.2, 0) is 11.2 Å². The number of rotatable bonds is 5. The average Bonchev–Trinajstić information content (AvgIpc) is 3.15. The SMILES string of the molecule is CCc1c(-c2ccc(F)cc2)c(-c2ccc(F)cc2)c(C(=O)N2CCOCC2)n1C(C)C. The van der Waals surface area contributed by atoms with Gasteiger partial charge >= 0.3 is 0 Å². The molecule has 32 heavy (non-hydrogen) atoms. The predicted molar refractivity (Wildman–Crippen MR) is 122 cm³/mol. The Morgan fingerprint density at radius 2 is 1.41 bits per heavy atom. The van der Waals surface area contributed by atoms with E-state index in [0.717, 1.165) is 27.9 Å². The fraction of sp³-hybridized carbons (Fsp3) is 0.346. The van der Waals surface area contributed by atoms with Crippen LogP contribution < -0.4 is 0 Å². The zero-order valence-electron chi connectivity index (χ0n) is 18.7. The van der Waals surface area contributed by atoms with Gasteiger partial charge in [-0.3, -0.25) is 4.79 Å². The average molecular weight is 439 g/mol. The summed E-state index contributed by atoms with van der Waals surface area (Å²) >= 11 is 0. The molecule has 0 radical (unpaired) electrons. The van der Waals surface area contributed by atoms with Gasteiger partial charge in [-0.1, -0.05) is 31.2 Å². The lowest BCUT2D eigenvalue weighted by atomic mass is 9.93. The normalized spacial score (nSPS) is 14.2. The summed E-state index contributed by atoms with van der Waals surface area (Å²) in [4.78, 5) is 15.7. The summed E-state index contributed by atoms with van der Waals surface area (Å²) in [5, 5.41) is 0. The van der Waals surface area contributed by atoms with E-state index in [9.17, 15) is 13.6 Å². The largest absolute Gasteiger partial charge is 0.378 e. The highest BCUT2D eigenvalue weighted by molar-refractivity contribution is 6.05. The molecule has 168 valence electrons. The van der Waals surface area contributed by atoms with Gasteiger partial charge in [-0.15, -0.1) is 0 Å². The summed E-state index contributed by atoms with van der Waals surface area (Å²) in [5.41, 5.74) is 4.84. The van der Waals surface area contributed by atoms with Crippen molar-refractivity contribution in [3.63, 3.8) is 0 Å². The van der Waals surface area contributed by atoms with Crippen LogP contribution in [-0.4, -0.2) is 41.7 Å². The van der Waals surface area contributed by atoms with Crippen molar-refractivity contribution in [1.82, 2.24) is 9.47 Å². The number of amides is 1. The summed E-state index contributed by atoms with van der Waals surface area (Å²) in [7, 11) is 0. The second-order valence-electron chi connectivity index (χ2n) is 8.28. The Morgan fingerprint density at radius 1 is 0.906 bits per heavy atom. The fourth-order valence-corrected chi connectivity index (χ4v) is 4.51. The van der Waals surface area contributed by atoms with E-state index in [-0.39, 0.29) is 23.6 Å². The summed E-state index contributed by atoms with van der Waals surface area (Å²) in [6, 6.07) is 12.6. The van der Waals surface area contributed by atoms with Crippen molar-refractivity contribution in [2.45, 2.75) is 33.2 Å². The molecule has 6 heteroatoms. The third-order valence-electron chi connectivity index (χ3n) is 5.93. The summed E-state index contributed by atoms with van der Waals surface area (Å²) in [6.45, 7) is 8.22. The smallest absolute Gasteiger partial charge is 0.271 e. The number of benzene rings is 2. The van der Waals surface area contributed by atoms with Gasteiger partial charge in [0.2, 0.25) is 0 Å². The van der Waals surface area contributed by atoms with E-state index in [0.29, 0.717) is 38.4 Å². The second-order valence-corrected chi connectivity index (χ2v) is 8.28. The number of hydrogen-bond donors (Lipinski definition) is 0. The molecule has 1 fully saturated rings. The number of carbonyl (C=O) groups excluding carboxylic acids is 1. The summed E-state index contributed by atoms with van der Waals surface area (Å²) < 4.78 is 35.0. The van der Waals surface area contributed by atoms with E-state index in [1.54, 1.807) is 24.3 Å². The van der Waals surface area contributed by atoms with Crippen LogP contribution in [0.15, 0.2) is 48.5 Å². The number of nitrogens with zero attached hydrogens (tertiary/aromatic N) is 2. The number of hydrogen-bond acceptors (Lipinski definition) is 2. The first-order valence-electron chi connectivity index (χ1n) is 11.1. The van der Waals surface area contributed by atoms with Crippen molar-refractivity contribution < 1.29 is 18.3 Å². The molecule has 2 heterocycles. The van der Waals surface area contributed by atoms with Crippen molar-refractivity contribution in [2.24, 2.45) is 0 Å². The van der Waals surface area contributed by atoms with Gasteiger partial charge in [0.1, 0.15) is 17.3 Å². The van der Waals surface area contributed by atoms with E-state index in [1.165, 1.54) is 24.3 Å². The lowest BCUT2D eigenvalue weighted by Crippen LogP contribution is -2.41. The van der Waals surface area contributed by atoms with Gasteiger partial charge in [0.05, 0.1) is 13.2 Å². The highest BCUT2D eigenvalue weighted by atomic mass is 19.1. The number of aromatic nitrogens is 1. The molecule has 2 aromatic carbocycles. The molecular weight excluding hydrogens is 410 g/mol. The lowest BCUT2D eigenvalue weighted by molar-refractivity contribution is 0.0295. The van der Waals surface area contributed by atoms with Gasteiger partial charge in [-0.05, 0) is 55.7 Å². The van der Waals surface area contributed by atoms with Crippen LogP contribution in [0.5, 0.6) is 0 Å². The molecule has 1 aliphatic heterocycles. The molecule has 4 rings (SSSR count). The second kappa shape index (κ2) is 9.25. The van der Waals surface area contributed by atoms with Gasteiger partial charge in [-0.2, -0.15) is 0 Å². The third kappa shape index (κ3) is 4.07. The Labute approximate surface area is 187 Å². The standard InChI is InChI=1S/C26H28F2N2O2/c1-4-22-23(18-5-9-20(27)10-6-18)24(19-7-11-21(28)12-8-19)25(30(22)17(2)3)26(31)29-13-15-32-16-14-29/h5-12,17H,4,13-16H2,1-3H3. The molecule has 3 aromatic rings. The molecule has 0 bridgehead atoms. The fourth-order valence-electron chi connectivity index (χ4n) is 4.51. The molecule has 0 saturated carbocycles. The Morgan fingerprint density at radius 3 is 1.88 bits per heavy atom. The van der Waals surface area contributed by atoms with E-state index in [4.69, 9.17) is 4.74 Å². The minimum atomic E-state index is -0.336. The number of ether oxygens (including phenoxy) is 1. The molecule has 4 nitrogen and oxygen atoms in total. The third-order valence-corrected chi connectivity index (χ3v) is 5.93. The van der Waals surface area contributed by atoms with Crippen LogP contribution in [0.2, 0.25) is 0 Å². The number of carbonyl (C=O) groups is 1. The molecule has 0 aliphatic carbocycles. The Hall–Kier alpha value is -2.99. The van der Waals surface area contributed by atoms with Crippen molar-refractivity contribution in [1.29, 1.82) is 0 Å². The zero-order valence-corrected chi connectivity index (χ0v) is 18.7. The summed E-state index contributed by atoms with van der Waals surface area (Å²) in [6.07, 6.45) is 0.690. The van der Waals surface area contributed by atoms with Gasteiger partial charge < -0.3 is 14.2 Å². The molecular formula is C26H28F2N2O2. The maximum Gasteiger partial charge on any atom is 0.271 e. The maximum atomic E-state index is 13.9. The molecule has 1 saturated heterocycles. The Balaban J connectivity index is 2.05. The van der Waals surface area contributed by atoms with Crippen molar-refractivity contribution in [3.8, 4) is 22.3 Å². The number of halogens is 2. The Kier molecular flexibility index (Phi) is 6.42. The predicted octanol–water partition coefficient (Wildman–Crippen LogP) is 5.72. The van der Waals surface area contributed by atoms with Crippen LogP contribution in [0.3, 0.4) is 0 Å². The quantitative estimate of drug-likeness (QED) is 0.511. The van der Waals surface area contributed by atoms with Gasteiger partial charge in [0.15, 0.2) is 0 Å². The van der Waals surface area contributed by atoms with E-state index < -0.39 is 0 Å². The van der Waals surface area contributed by atoms with Crippen molar-refractivity contribution in [3.05, 3.63) is 71.6 Å². The highest BCUT2D eigenvalue weighted by Gasteiger charge is 2.32.